The fourth-order valence-corrected chi connectivity index (χ4v) is 2.26. The lowest BCUT2D eigenvalue weighted by Crippen LogP contribution is -2.24. The number of alkyl halides is 1. The SMILES string of the molecule is O=C(NCc1csc(-c2ccncc2)n1)OCCCl. The molecule has 2 heterocycles. The first-order chi connectivity index (χ1) is 9.29. The molecule has 5 nitrogen and oxygen atoms in total. The van der Waals surface area contributed by atoms with Gasteiger partial charge >= 0.3 is 6.09 Å². The largest absolute Gasteiger partial charge is 0.448 e. The minimum atomic E-state index is -0.487. The second-order valence-corrected chi connectivity index (χ2v) is 4.79. The monoisotopic (exact) mass is 297 g/mol. The van der Waals surface area contributed by atoms with Crippen LogP contribution in [0, 0.1) is 0 Å². The molecule has 100 valence electrons. The quantitative estimate of drug-likeness (QED) is 0.862. The third-order valence-electron chi connectivity index (χ3n) is 2.20. The van der Waals surface area contributed by atoms with Crippen molar-refractivity contribution in [2.75, 3.05) is 12.5 Å². The predicted molar refractivity (Wildman–Crippen MR) is 74.3 cm³/mol. The first-order valence-corrected chi connectivity index (χ1v) is 7.02. The first kappa shape index (κ1) is 13.8. The topological polar surface area (TPSA) is 64.1 Å². The number of nitrogens with one attached hydrogen (secondary N) is 1. The van der Waals surface area contributed by atoms with Crippen molar-refractivity contribution >= 4 is 29.0 Å². The highest BCUT2D eigenvalue weighted by Crippen LogP contribution is 2.22. The molecule has 0 atom stereocenters. The number of rotatable bonds is 5. The van der Waals surface area contributed by atoms with E-state index in [4.69, 9.17) is 16.3 Å². The van der Waals surface area contributed by atoms with E-state index in [0.29, 0.717) is 6.54 Å². The number of ether oxygens (including phenoxy) is 1. The molecular formula is C12H12ClN3O2S. The molecule has 1 amide bonds. The van der Waals surface area contributed by atoms with Crippen LogP contribution in [0.25, 0.3) is 10.6 Å². The zero-order chi connectivity index (χ0) is 13.5. The van der Waals surface area contributed by atoms with Crippen molar-refractivity contribution < 1.29 is 9.53 Å². The standard InChI is InChI=1S/C12H12ClN3O2S/c13-3-6-18-12(17)15-7-10-8-19-11(16-10)9-1-4-14-5-2-9/h1-2,4-5,8H,3,6-7H2,(H,15,17). The van der Waals surface area contributed by atoms with E-state index in [1.54, 1.807) is 12.4 Å². The Balaban J connectivity index is 1.90. The molecule has 19 heavy (non-hydrogen) atoms. The molecule has 0 spiro atoms. The Morgan fingerprint density at radius 3 is 2.95 bits per heavy atom. The van der Waals surface area contributed by atoms with Crippen LogP contribution in [0.5, 0.6) is 0 Å². The first-order valence-electron chi connectivity index (χ1n) is 5.61. The average molecular weight is 298 g/mol. The number of hydrogen-bond acceptors (Lipinski definition) is 5. The van der Waals surface area contributed by atoms with Crippen LogP contribution in [0.1, 0.15) is 5.69 Å². The molecule has 2 rings (SSSR count). The van der Waals surface area contributed by atoms with E-state index < -0.39 is 6.09 Å². The molecule has 2 aromatic rings. The molecule has 0 unspecified atom stereocenters. The smallest absolute Gasteiger partial charge is 0.407 e. The summed E-state index contributed by atoms with van der Waals surface area (Å²) in [6, 6.07) is 3.79. The third kappa shape index (κ3) is 4.18. The lowest BCUT2D eigenvalue weighted by molar-refractivity contribution is 0.152. The summed E-state index contributed by atoms with van der Waals surface area (Å²) >= 11 is 6.93. The fraction of sp³-hybridized carbons (Fsp3) is 0.250. The van der Waals surface area contributed by atoms with Gasteiger partial charge in [-0.2, -0.15) is 0 Å². The van der Waals surface area contributed by atoms with Crippen LogP contribution in [-0.4, -0.2) is 28.5 Å². The van der Waals surface area contributed by atoms with Crippen LogP contribution in [0.2, 0.25) is 0 Å². The van der Waals surface area contributed by atoms with Gasteiger partial charge in [-0.15, -0.1) is 22.9 Å². The summed E-state index contributed by atoms with van der Waals surface area (Å²) in [7, 11) is 0. The fourth-order valence-electron chi connectivity index (χ4n) is 1.36. The third-order valence-corrected chi connectivity index (χ3v) is 3.30. The van der Waals surface area contributed by atoms with Gasteiger partial charge in [0.2, 0.25) is 0 Å². The molecule has 0 saturated heterocycles. The predicted octanol–water partition coefficient (Wildman–Crippen LogP) is 2.67. The molecule has 0 radical (unpaired) electrons. The molecule has 1 N–H and O–H groups in total. The van der Waals surface area contributed by atoms with Gasteiger partial charge in [0, 0.05) is 23.3 Å². The van der Waals surface area contributed by atoms with Crippen molar-refractivity contribution in [2.45, 2.75) is 6.54 Å². The summed E-state index contributed by atoms with van der Waals surface area (Å²) in [6.45, 7) is 0.537. The lowest BCUT2D eigenvalue weighted by atomic mass is 10.3. The lowest BCUT2D eigenvalue weighted by Gasteiger charge is -2.03. The van der Waals surface area contributed by atoms with Gasteiger partial charge in [-0.05, 0) is 12.1 Å². The van der Waals surface area contributed by atoms with Crippen molar-refractivity contribution in [3.05, 3.63) is 35.6 Å². The molecule has 2 aromatic heterocycles. The van der Waals surface area contributed by atoms with Crippen molar-refractivity contribution in [3.8, 4) is 10.6 Å². The van der Waals surface area contributed by atoms with Gasteiger partial charge in [-0.1, -0.05) is 0 Å². The Kier molecular flexibility index (Phi) is 5.11. The van der Waals surface area contributed by atoms with Gasteiger partial charge in [0.1, 0.15) is 11.6 Å². The normalized spacial score (nSPS) is 10.2. The molecule has 0 bridgehead atoms. The highest BCUT2D eigenvalue weighted by molar-refractivity contribution is 7.13. The van der Waals surface area contributed by atoms with Crippen molar-refractivity contribution in [2.24, 2.45) is 0 Å². The number of aromatic nitrogens is 2. The molecular weight excluding hydrogens is 286 g/mol. The zero-order valence-electron chi connectivity index (χ0n) is 10.0. The van der Waals surface area contributed by atoms with Crippen molar-refractivity contribution in [3.63, 3.8) is 0 Å². The number of carbonyl (C=O) groups excluding carboxylic acids is 1. The molecule has 7 heteroatoms. The van der Waals surface area contributed by atoms with E-state index in [1.807, 2.05) is 17.5 Å². The Morgan fingerprint density at radius 1 is 1.42 bits per heavy atom. The molecule has 0 aliphatic rings. The number of hydrogen-bond donors (Lipinski definition) is 1. The maximum absolute atomic E-state index is 11.2. The Hall–Kier alpha value is -1.66. The van der Waals surface area contributed by atoms with Gasteiger partial charge in [0.15, 0.2) is 0 Å². The van der Waals surface area contributed by atoms with Crippen LogP contribution >= 0.6 is 22.9 Å². The highest BCUT2D eigenvalue weighted by Gasteiger charge is 2.06. The van der Waals surface area contributed by atoms with Crippen LogP contribution in [0.3, 0.4) is 0 Å². The summed E-state index contributed by atoms with van der Waals surface area (Å²) in [4.78, 5) is 19.6. The molecule has 0 fully saturated rings. The van der Waals surface area contributed by atoms with Crippen molar-refractivity contribution in [1.82, 2.24) is 15.3 Å². The maximum Gasteiger partial charge on any atom is 0.407 e. The molecule has 0 aromatic carbocycles. The van der Waals surface area contributed by atoms with Crippen LogP contribution < -0.4 is 5.32 Å². The van der Waals surface area contributed by atoms with Gasteiger partial charge in [-0.25, -0.2) is 9.78 Å². The number of halogens is 1. The van der Waals surface area contributed by atoms with E-state index in [-0.39, 0.29) is 12.5 Å². The summed E-state index contributed by atoms with van der Waals surface area (Å²) in [5, 5.41) is 5.41. The van der Waals surface area contributed by atoms with Gasteiger partial charge in [0.25, 0.3) is 0 Å². The number of thiazole rings is 1. The number of pyridine rings is 1. The summed E-state index contributed by atoms with van der Waals surface area (Å²) in [5.41, 5.74) is 1.80. The number of amides is 1. The molecule has 0 aliphatic carbocycles. The van der Waals surface area contributed by atoms with Gasteiger partial charge in [-0.3, -0.25) is 4.98 Å². The number of alkyl carbamates (subject to hydrolysis) is 1. The minimum absolute atomic E-state index is 0.201. The van der Waals surface area contributed by atoms with E-state index >= 15 is 0 Å². The maximum atomic E-state index is 11.2. The van der Waals surface area contributed by atoms with E-state index in [0.717, 1.165) is 16.3 Å². The average Bonchev–Trinajstić information content (AvgIpc) is 2.93. The van der Waals surface area contributed by atoms with Crippen LogP contribution in [-0.2, 0) is 11.3 Å². The molecule has 0 aliphatic heterocycles. The summed E-state index contributed by atoms with van der Waals surface area (Å²) in [6.07, 6.45) is 2.95. The summed E-state index contributed by atoms with van der Waals surface area (Å²) < 4.78 is 4.79. The summed E-state index contributed by atoms with van der Waals surface area (Å²) in [5.74, 6) is 0.288. The Bertz CT molecular complexity index is 533. The van der Waals surface area contributed by atoms with E-state index in [2.05, 4.69) is 15.3 Å². The second kappa shape index (κ2) is 7.06. The van der Waals surface area contributed by atoms with Crippen molar-refractivity contribution in [1.29, 1.82) is 0 Å². The highest BCUT2D eigenvalue weighted by atomic mass is 35.5. The Labute approximate surface area is 119 Å². The zero-order valence-corrected chi connectivity index (χ0v) is 11.6. The number of nitrogens with zero attached hydrogens (tertiary/aromatic N) is 2. The minimum Gasteiger partial charge on any atom is -0.448 e. The van der Waals surface area contributed by atoms with E-state index in [9.17, 15) is 4.79 Å². The van der Waals surface area contributed by atoms with Crippen LogP contribution in [0.4, 0.5) is 4.79 Å². The van der Waals surface area contributed by atoms with Crippen LogP contribution in [0.15, 0.2) is 29.9 Å². The van der Waals surface area contributed by atoms with Gasteiger partial charge in [0.05, 0.1) is 18.1 Å². The Morgan fingerprint density at radius 2 is 2.21 bits per heavy atom. The van der Waals surface area contributed by atoms with Gasteiger partial charge < -0.3 is 10.1 Å². The van der Waals surface area contributed by atoms with E-state index in [1.165, 1.54) is 11.3 Å². The number of carbonyl (C=O) groups is 1. The molecule has 0 saturated carbocycles. The second-order valence-electron chi connectivity index (χ2n) is 3.56.